The third kappa shape index (κ3) is 3.94. The number of rotatable bonds is 5. The summed E-state index contributed by atoms with van der Waals surface area (Å²) in [6.07, 6.45) is -3.11. The molecule has 10 heteroatoms. The molecule has 0 aromatic heterocycles. The summed E-state index contributed by atoms with van der Waals surface area (Å²) in [5.74, 6) is -2.64. The van der Waals surface area contributed by atoms with Crippen molar-refractivity contribution in [1.29, 1.82) is 0 Å². The van der Waals surface area contributed by atoms with Crippen LogP contribution in [0.3, 0.4) is 0 Å². The summed E-state index contributed by atoms with van der Waals surface area (Å²) in [5, 5.41) is 6.05. The van der Waals surface area contributed by atoms with Gasteiger partial charge in [-0.3, -0.25) is 9.59 Å². The Morgan fingerprint density at radius 3 is 2.28 bits per heavy atom. The zero-order valence-electron chi connectivity index (χ0n) is 16.7. The molecule has 1 atom stereocenters. The van der Waals surface area contributed by atoms with Crippen molar-refractivity contribution in [2.45, 2.75) is 37.9 Å². The molecule has 0 spiro atoms. The number of amides is 2. The van der Waals surface area contributed by atoms with Crippen LogP contribution in [-0.4, -0.2) is 17.4 Å². The molecule has 2 amide bonds. The molecule has 4 nitrogen and oxygen atoms in total. The number of carbonyl (C=O) groups excluding carboxylic acids is 2. The second-order valence-electron chi connectivity index (χ2n) is 8.66. The predicted molar refractivity (Wildman–Crippen MR) is 112 cm³/mol. The van der Waals surface area contributed by atoms with Gasteiger partial charge in [-0.1, -0.05) is 30.1 Å². The molecule has 5 rings (SSSR count). The fraction of sp³-hybridized carbons (Fsp3) is 0.364. The third-order valence-corrected chi connectivity index (χ3v) is 7.22. The van der Waals surface area contributed by atoms with Gasteiger partial charge in [0.1, 0.15) is 5.82 Å². The first-order chi connectivity index (χ1) is 14.8. The normalized spacial score (nSPS) is 24.7. The predicted octanol–water partition coefficient (Wildman–Crippen LogP) is 6.08. The van der Waals surface area contributed by atoms with Crippen LogP contribution < -0.4 is 10.6 Å². The van der Waals surface area contributed by atoms with Gasteiger partial charge in [0.15, 0.2) is 0 Å². The molecule has 0 heterocycles. The summed E-state index contributed by atoms with van der Waals surface area (Å²) >= 11 is 11.8. The van der Waals surface area contributed by atoms with Gasteiger partial charge in [-0.25, -0.2) is 4.39 Å². The van der Waals surface area contributed by atoms with Crippen LogP contribution >= 0.6 is 23.2 Å². The van der Waals surface area contributed by atoms with Crippen molar-refractivity contribution in [1.82, 2.24) is 5.32 Å². The second kappa shape index (κ2) is 7.63. The van der Waals surface area contributed by atoms with Crippen LogP contribution in [0.5, 0.6) is 0 Å². The van der Waals surface area contributed by atoms with Crippen molar-refractivity contribution >= 4 is 40.7 Å². The van der Waals surface area contributed by atoms with Crippen molar-refractivity contribution in [2.75, 3.05) is 5.32 Å². The van der Waals surface area contributed by atoms with Crippen LogP contribution in [-0.2, 0) is 11.0 Å². The van der Waals surface area contributed by atoms with Gasteiger partial charge in [0.25, 0.3) is 5.91 Å². The van der Waals surface area contributed by atoms with Gasteiger partial charge in [0, 0.05) is 22.7 Å². The highest BCUT2D eigenvalue weighted by Gasteiger charge is 2.71. The lowest BCUT2D eigenvalue weighted by Crippen LogP contribution is -2.77. The fourth-order valence-electron chi connectivity index (χ4n) is 4.76. The molecular weight excluding hydrogens is 471 g/mol. The van der Waals surface area contributed by atoms with E-state index in [2.05, 4.69) is 10.6 Å². The Hall–Kier alpha value is -2.32. The molecule has 170 valence electrons. The van der Waals surface area contributed by atoms with E-state index in [0.717, 1.165) is 6.07 Å². The van der Waals surface area contributed by atoms with Crippen LogP contribution in [0, 0.1) is 17.2 Å². The van der Waals surface area contributed by atoms with Crippen LogP contribution in [0.4, 0.5) is 23.2 Å². The topological polar surface area (TPSA) is 58.2 Å². The number of carbonyl (C=O) groups is 2. The summed E-state index contributed by atoms with van der Waals surface area (Å²) in [6, 6.07) is 6.94. The second-order valence-corrected chi connectivity index (χ2v) is 9.47. The van der Waals surface area contributed by atoms with Crippen molar-refractivity contribution in [3.05, 3.63) is 63.4 Å². The zero-order chi connectivity index (χ0) is 23.5. The highest BCUT2D eigenvalue weighted by molar-refractivity contribution is 6.42. The largest absolute Gasteiger partial charge is 0.419 e. The summed E-state index contributed by atoms with van der Waals surface area (Å²) < 4.78 is 52.1. The van der Waals surface area contributed by atoms with Gasteiger partial charge in [-0.15, -0.1) is 0 Å². The summed E-state index contributed by atoms with van der Waals surface area (Å²) in [5.41, 5.74) is -1.91. The van der Waals surface area contributed by atoms with E-state index < -0.39 is 34.9 Å². The monoisotopic (exact) mass is 488 g/mol. The van der Waals surface area contributed by atoms with E-state index >= 15 is 0 Å². The standard InChI is InChI=1S/C22H18Cl2F4N2O2/c1-11(18(31)29-13-3-5-17(25)14(7-13)22(26,27)28)20-8-21(9-20,10-20)30-19(32)12-2-4-15(23)16(24)6-12/h2-7,11H,8-10H2,1H3,(H,29,31)(H,30,32). The maximum absolute atomic E-state index is 13.5. The van der Waals surface area contributed by atoms with E-state index in [9.17, 15) is 27.2 Å². The van der Waals surface area contributed by atoms with Crippen LogP contribution in [0.1, 0.15) is 42.1 Å². The molecule has 2 aromatic carbocycles. The molecule has 3 aliphatic carbocycles. The molecule has 3 fully saturated rings. The number of nitrogens with one attached hydrogen (secondary N) is 2. The van der Waals surface area contributed by atoms with Gasteiger partial charge in [0.05, 0.1) is 15.6 Å². The van der Waals surface area contributed by atoms with E-state index in [1.165, 1.54) is 12.1 Å². The molecule has 2 bridgehead atoms. The van der Waals surface area contributed by atoms with Crippen molar-refractivity contribution in [3.8, 4) is 0 Å². The fourth-order valence-corrected chi connectivity index (χ4v) is 5.06. The molecular formula is C22H18Cl2F4N2O2. The minimum atomic E-state index is -4.86. The lowest BCUT2D eigenvalue weighted by molar-refractivity contribution is -0.184. The first-order valence-electron chi connectivity index (χ1n) is 9.79. The number of hydrogen-bond donors (Lipinski definition) is 2. The lowest BCUT2D eigenvalue weighted by atomic mass is 9.36. The molecule has 2 aromatic rings. The van der Waals surface area contributed by atoms with Crippen molar-refractivity contribution in [3.63, 3.8) is 0 Å². The summed E-state index contributed by atoms with van der Waals surface area (Å²) in [6.45, 7) is 1.70. The third-order valence-electron chi connectivity index (χ3n) is 6.48. The Labute approximate surface area is 191 Å². The molecule has 3 aliphatic rings. The molecule has 32 heavy (non-hydrogen) atoms. The van der Waals surface area contributed by atoms with Crippen LogP contribution in [0.2, 0.25) is 10.0 Å². The van der Waals surface area contributed by atoms with E-state index in [0.29, 0.717) is 42.0 Å². The highest BCUT2D eigenvalue weighted by Crippen LogP contribution is 2.70. The maximum atomic E-state index is 13.5. The van der Waals surface area contributed by atoms with E-state index in [1.807, 2.05) is 0 Å². The van der Waals surface area contributed by atoms with Gasteiger partial charge in [0.2, 0.25) is 5.91 Å². The highest BCUT2D eigenvalue weighted by atomic mass is 35.5. The van der Waals surface area contributed by atoms with E-state index in [4.69, 9.17) is 23.2 Å². The van der Waals surface area contributed by atoms with E-state index in [1.54, 1.807) is 13.0 Å². The Morgan fingerprint density at radius 2 is 1.69 bits per heavy atom. The minimum absolute atomic E-state index is 0.121. The Bertz CT molecular complexity index is 1100. The minimum Gasteiger partial charge on any atom is -0.347 e. The Morgan fingerprint density at radius 1 is 1.03 bits per heavy atom. The first-order valence-corrected chi connectivity index (χ1v) is 10.6. The molecule has 3 saturated carbocycles. The zero-order valence-corrected chi connectivity index (χ0v) is 18.3. The first kappa shape index (κ1) is 22.9. The molecule has 1 unspecified atom stereocenters. The quantitative estimate of drug-likeness (QED) is 0.501. The summed E-state index contributed by atoms with van der Waals surface area (Å²) in [4.78, 5) is 25.2. The Kier molecular flexibility index (Phi) is 5.45. The number of alkyl halides is 3. The van der Waals surface area contributed by atoms with Crippen molar-refractivity contribution < 1.29 is 27.2 Å². The molecule has 0 aliphatic heterocycles. The number of halogens is 6. The number of benzene rings is 2. The van der Waals surface area contributed by atoms with Gasteiger partial charge < -0.3 is 10.6 Å². The van der Waals surface area contributed by atoms with E-state index in [-0.39, 0.29) is 22.0 Å². The number of anilines is 1. The van der Waals surface area contributed by atoms with Gasteiger partial charge in [-0.05, 0) is 61.1 Å². The van der Waals surface area contributed by atoms with Crippen molar-refractivity contribution in [2.24, 2.45) is 11.3 Å². The average molecular weight is 489 g/mol. The molecule has 0 radical (unpaired) electrons. The van der Waals surface area contributed by atoms with Crippen LogP contribution in [0.25, 0.3) is 0 Å². The SMILES string of the molecule is CC(C(=O)Nc1ccc(F)c(C(F)(F)F)c1)C12CC(NC(=O)c3ccc(Cl)c(Cl)c3)(C1)C2. The molecule has 0 saturated heterocycles. The number of hydrogen-bond acceptors (Lipinski definition) is 2. The van der Waals surface area contributed by atoms with Gasteiger partial charge >= 0.3 is 6.18 Å². The van der Waals surface area contributed by atoms with Gasteiger partial charge in [-0.2, -0.15) is 13.2 Å². The maximum Gasteiger partial charge on any atom is 0.419 e. The smallest absolute Gasteiger partial charge is 0.347 e. The van der Waals surface area contributed by atoms with Crippen LogP contribution in [0.15, 0.2) is 36.4 Å². The summed E-state index contributed by atoms with van der Waals surface area (Å²) in [7, 11) is 0. The lowest BCUT2D eigenvalue weighted by Gasteiger charge is -2.72. The Balaban J connectivity index is 1.36. The average Bonchev–Trinajstić information content (AvgIpc) is 2.65. The molecule has 2 N–H and O–H groups in total.